The third-order valence-corrected chi connectivity index (χ3v) is 4.81. The molecular weight excluding hydrogens is 350 g/mol. The van der Waals surface area contributed by atoms with Crippen molar-refractivity contribution in [1.82, 2.24) is 19.8 Å². The van der Waals surface area contributed by atoms with E-state index in [4.69, 9.17) is 4.52 Å². The van der Waals surface area contributed by atoms with Gasteiger partial charge < -0.3 is 4.52 Å². The van der Waals surface area contributed by atoms with Crippen LogP contribution in [0.3, 0.4) is 0 Å². The number of aryl methyl sites for hydroxylation is 1. The van der Waals surface area contributed by atoms with Crippen LogP contribution in [0, 0.1) is 6.92 Å². The second-order valence-electron chi connectivity index (χ2n) is 5.63. The number of hydrogen-bond donors (Lipinski definition) is 1. The van der Waals surface area contributed by atoms with E-state index in [0.717, 1.165) is 16.3 Å². The van der Waals surface area contributed by atoms with Crippen molar-refractivity contribution in [2.24, 2.45) is 0 Å². The van der Waals surface area contributed by atoms with Gasteiger partial charge in [-0.15, -0.1) is 22.0 Å². The molecule has 7 nitrogen and oxygen atoms in total. The molecule has 1 aromatic carbocycles. The molecule has 0 aliphatic carbocycles. The van der Waals surface area contributed by atoms with Crippen molar-refractivity contribution in [1.29, 1.82) is 0 Å². The summed E-state index contributed by atoms with van der Waals surface area (Å²) in [5, 5.41) is 14.8. The van der Waals surface area contributed by atoms with E-state index < -0.39 is 0 Å². The molecule has 4 rings (SSSR count). The van der Waals surface area contributed by atoms with E-state index in [1.165, 1.54) is 11.8 Å². The van der Waals surface area contributed by atoms with Crippen LogP contribution in [0.1, 0.15) is 21.8 Å². The summed E-state index contributed by atoms with van der Waals surface area (Å²) >= 11 is 1.52. The lowest BCUT2D eigenvalue weighted by atomic mass is 10.2. The summed E-state index contributed by atoms with van der Waals surface area (Å²) in [6, 6.07) is 14.9. The average molecular weight is 365 g/mol. The van der Waals surface area contributed by atoms with Gasteiger partial charge in [-0.05, 0) is 31.2 Å². The Hall–Kier alpha value is -3.13. The Balaban J connectivity index is 1.54. The van der Waals surface area contributed by atoms with Gasteiger partial charge in [0, 0.05) is 17.2 Å². The van der Waals surface area contributed by atoms with E-state index >= 15 is 0 Å². The summed E-state index contributed by atoms with van der Waals surface area (Å²) in [6.07, 6.45) is 1.80. The van der Waals surface area contributed by atoms with Crippen LogP contribution in [-0.4, -0.2) is 25.7 Å². The van der Waals surface area contributed by atoms with Gasteiger partial charge in [-0.1, -0.05) is 23.4 Å². The number of pyridine rings is 1. The fourth-order valence-electron chi connectivity index (χ4n) is 2.51. The molecule has 0 spiro atoms. The second-order valence-corrected chi connectivity index (χ2v) is 6.64. The number of nitrogens with one attached hydrogen (secondary N) is 1. The Kier molecular flexibility index (Phi) is 4.40. The van der Waals surface area contributed by atoms with Crippen molar-refractivity contribution < 1.29 is 9.32 Å². The second kappa shape index (κ2) is 7.01. The van der Waals surface area contributed by atoms with Crippen LogP contribution < -0.4 is 5.32 Å². The van der Waals surface area contributed by atoms with Crippen LogP contribution in [0.2, 0.25) is 0 Å². The SMILES string of the molecule is Cc1cc(CSc2ccccc2C(=O)Nc2nnc3ccccn23)on1. The third-order valence-electron chi connectivity index (χ3n) is 3.72. The molecule has 4 aromatic rings. The predicted octanol–water partition coefficient (Wildman–Crippen LogP) is 3.57. The fraction of sp³-hybridized carbons (Fsp3) is 0.111. The number of thioether (sulfide) groups is 1. The highest BCUT2D eigenvalue weighted by atomic mass is 32.2. The zero-order chi connectivity index (χ0) is 17.9. The van der Waals surface area contributed by atoms with Crippen LogP contribution in [0.4, 0.5) is 5.95 Å². The normalized spacial score (nSPS) is 11.0. The summed E-state index contributed by atoms with van der Waals surface area (Å²) in [7, 11) is 0. The molecule has 0 unspecified atom stereocenters. The molecule has 1 N–H and O–H groups in total. The van der Waals surface area contributed by atoms with Crippen LogP contribution in [0.5, 0.6) is 0 Å². The Morgan fingerprint density at radius 3 is 2.88 bits per heavy atom. The van der Waals surface area contributed by atoms with Crippen molar-refractivity contribution in [3.05, 3.63) is 71.7 Å². The smallest absolute Gasteiger partial charge is 0.259 e. The van der Waals surface area contributed by atoms with Crippen molar-refractivity contribution in [3.63, 3.8) is 0 Å². The first-order valence-corrected chi connectivity index (χ1v) is 8.94. The first-order chi connectivity index (χ1) is 12.7. The summed E-state index contributed by atoms with van der Waals surface area (Å²) in [5.41, 5.74) is 2.08. The van der Waals surface area contributed by atoms with Crippen molar-refractivity contribution in [2.45, 2.75) is 17.6 Å². The number of fused-ring (bicyclic) bond motifs is 1. The number of aromatic nitrogens is 4. The molecule has 3 aromatic heterocycles. The molecule has 0 saturated carbocycles. The zero-order valence-electron chi connectivity index (χ0n) is 13.9. The maximum absolute atomic E-state index is 12.8. The van der Waals surface area contributed by atoms with Crippen molar-refractivity contribution in [2.75, 3.05) is 5.32 Å². The minimum atomic E-state index is -0.236. The lowest BCUT2D eigenvalue weighted by molar-refractivity contribution is 0.102. The highest BCUT2D eigenvalue weighted by Gasteiger charge is 2.15. The van der Waals surface area contributed by atoms with Gasteiger partial charge >= 0.3 is 0 Å². The van der Waals surface area contributed by atoms with Gasteiger partial charge in [-0.25, -0.2) is 0 Å². The fourth-order valence-corrected chi connectivity index (χ4v) is 3.43. The number of benzene rings is 1. The predicted molar refractivity (Wildman–Crippen MR) is 98.2 cm³/mol. The van der Waals surface area contributed by atoms with Gasteiger partial charge in [0.25, 0.3) is 5.91 Å². The number of carbonyl (C=O) groups excluding carboxylic acids is 1. The average Bonchev–Trinajstić information content (AvgIpc) is 3.27. The summed E-state index contributed by atoms with van der Waals surface area (Å²) < 4.78 is 6.95. The maximum atomic E-state index is 12.8. The van der Waals surface area contributed by atoms with Gasteiger partial charge in [0.15, 0.2) is 5.65 Å². The van der Waals surface area contributed by atoms with E-state index in [1.54, 1.807) is 16.7 Å². The van der Waals surface area contributed by atoms with E-state index in [9.17, 15) is 4.79 Å². The number of amides is 1. The van der Waals surface area contributed by atoms with Crippen molar-refractivity contribution in [3.8, 4) is 0 Å². The molecule has 1 amide bonds. The van der Waals surface area contributed by atoms with E-state index in [1.807, 2.05) is 49.4 Å². The van der Waals surface area contributed by atoms with E-state index in [2.05, 4.69) is 20.7 Å². The third kappa shape index (κ3) is 3.31. The molecule has 0 fully saturated rings. The monoisotopic (exact) mass is 365 g/mol. The highest BCUT2D eigenvalue weighted by molar-refractivity contribution is 7.98. The van der Waals surface area contributed by atoms with Crippen LogP contribution in [0.15, 0.2) is 64.1 Å². The standard InChI is InChI=1S/C18H15N5O2S/c1-12-10-13(25-22-12)11-26-15-7-3-2-6-14(15)17(24)19-18-21-20-16-8-4-5-9-23(16)18/h2-10H,11H2,1H3,(H,19,21,24). The summed E-state index contributed by atoms with van der Waals surface area (Å²) in [5.74, 6) is 1.52. The number of carbonyl (C=O) groups is 1. The molecule has 0 saturated heterocycles. The molecule has 0 bridgehead atoms. The van der Waals surface area contributed by atoms with Crippen LogP contribution >= 0.6 is 11.8 Å². The number of anilines is 1. The summed E-state index contributed by atoms with van der Waals surface area (Å²) in [6.45, 7) is 1.88. The van der Waals surface area contributed by atoms with Crippen molar-refractivity contribution >= 4 is 29.3 Å². The Morgan fingerprint density at radius 2 is 2.04 bits per heavy atom. The number of rotatable bonds is 5. The first kappa shape index (κ1) is 16.3. The lowest BCUT2D eigenvalue weighted by Gasteiger charge is -2.08. The molecule has 3 heterocycles. The van der Waals surface area contributed by atoms with Gasteiger partial charge in [0.1, 0.15) is 5.76 Å². The number of hydrogen-bond acceptors (Lipinski definition) is 6. The number of nitrogens with zero attached hydrogens (tertiary/aromatic N) is 4. The molecule has 130 valence electrons. The van der Waals surface area contributed by atoms with Crippen LogP contribution in [0.25, 0.3) is 5.65 Å². The topological polar surface area (TPSA) is 85.3 Å². The zero-order valence-corrected chi connectivity index (χ0v) is 14.7. The molecule has 0 aliphatic rings. The minimum Gasteiger partial charge on any atom is -0.360 e. The quantitative estimate of drug-likeness (QED) is 0.544. The molecule has 0 aliphatic heterocycles. The Morgan fingerprint density at radius 1 is 1.19 bits per heavy atom. The lowest BCUT2D eigenvalue weighted by Crippen LogP contribution is -2.15. The molecule has 0 atom stereocenters. The molecule has 0 radical (unpaired) electrons. The Labute approximate surface area is 153 Å². The summed E-state index contributed by atoms with van der Waals surface area (Å²) in [4.78, 5) is 13.6. The van der Waals surface area contributed by atoms with Gasteiger partial charge in [-0.2, -0.15) is 0 Å². The van der Waals surface area contributed by atoms with Gasteiger partial charge in [0.05, 0.1) is 17.0 Å². The first-order valence-electron chi connectivity index (χ1n) is 7.96. The highest BCUT2D eigenvalue weighted by Crippen LogP contribution is 2.27. The van der Waals surface area contributed by atoms with Gasteiger partial charge in [0.2, 0.25) is 5.95 Å². The molecule has 8 heteroatoms. The Bertz CT molecular complexity index is 1070. The minimum absolute atomic E-state index is 0.236. The van der Waals surface area contributed by atoms with Crippen LogP contribution in [-0.2, 0) is 5.75 Å². The van der Waals surface area contributed by atoms with E-state index in [0.29, 0.717) is 22.9 Å². The largest absolute Gasteiger partial charge is 0.360 e. The molecular formula is C18H15N5O2S. The molecule has 26 heavy (non-hydrogen) atoms. The van der Waals surface area contributed by atoms with E-state index in [-0.39, 0.29) is 5.91 Å². The maximum Gasteiger partial charge on any atom is 0.259 e. The van der Waals surface area contributed by atoms with Gasteiger partial charge in [-0.3, -0.25) is 14.5 Å².